The molecule has 2 rings (SSSR count). The minimum atomic E-state index is -0.246. The summed E-state index contributed by atoms with van der Waals surface area (Å²) in [6.07, 6.45) is 1.64. The summed E-state index contributed by atoms with van der Waals surface area (Å²) in [5.74, 6) is -0.246. The summed E-state index contributed by atoms with van der Waals surface area (Å²) in [5.41, 5.74) is 7.75. The lowest BCUT2D eigenvalue weighted by Crippen LogP contribution is -2.13. The molecule has 2 aromatic rings. The second-order valence-corrected chi connectivity index (χ2v) is 5.92. The van der Waals surface area contributed by atoms with Gasteiger partial charge in [0.05, 0.1) is 15.5 Å². The topological polar surface area (TPSA) is 68.0 Å². The van der Waals surface area contributed by atoms with E-state index in [4.69, 9.17) is 5.73 Å². The molecule has 6 heteroatoms. The number of hydrogen-bond acceptors (Lipinski definition) is 4. The van der Waals surface area contributed by atoms with Crippen LogP contribution in [0, 0.1) is 6.92 Å². The normalized spacial score (nSPS) is 10.2. The summed E-state index contributed by atoms with van der Waals surface area (Å²) in [6, 6.07) is 5.33. The number of carbonyl (C=O) groups excluding carboxylic acids is 1. The Balaban J connectivity index is 2.20. The van der Waals surface area contributed by atoms with Gasteiger partial charge in [-0.05, 0) is 40.5 Å². The second-order valence-electron chi connectivity index (χ2n) is 3.51. The van der Waals surface area contributed by atoms with Crippen molar-refractivity contribution < 1.29 is 4.79 Å². The first-order valence-corrected chi connectivity index (χ1v) is 6.46. The average molecular weight is 312 g/mol. The zero-order chi connectivity index (χ0) is 12.4. The zero-order valence-electron chi connectivity index (χ0n) is 9.03. The molecular formula is C11H10BrN3OS. The molecule has 0 spiro atoms. The monoisotopic (exact) mass is 311 g/mol. The maximum Gasteiger partial charge on any atom is 0.259 e. The smallest absolute Gasteiger partial charge is 0.259 e. The van der Waals surface area contributed by atoms with Crippen molar-refractivity contribution in [2.24, 2.45) is 0 Å². The van der Waals surface area contributed by atoms with Crippen LogP contribution in [0.1, 0.15) is 15.9 Å². The summed E-state index contributed by atoms with van der Waals surface area (Å²) < 4.78 is 0.865. The fraction of sp³-hybridized carbons (Fsp3) is 0.0909. The van der Waals surface area contributed by atoms with Gasteiger partial charge in [-0.25, -0.2) is 4.98 Å². The standard InChI is InChI=1S/C11H10BrN3OS/c1-6-2-3-7(8(13)4-6)10(16)15-11-14-5-9(12)17-11/h2-5H,13H2,1H3,(H,14,15,16). The maximum absolute atomic E-state index is 11.9. The Kier molecular flexibility index (Phi) is 3.44. The quantitative estimate of drug-likeness (QED) is 0.838. The number of benzene rings is 1. The van der Waals surface area contributed by atoms with Crippen molar-refractivity contribution in [3.63, 3.8) is 0 Å². The molecule has 1 aromatic heterocycles. The number of anilines is 2. The minimum absolute atomic E-state index is 0.246. The van der Waals surface area contributed by atoms with Crippen molar-refractivity contribution in [1.82, 2.24) is 4.98 Å². The van der Waals surface area contributed by atoms with E-state index in [0.717, 1.165) is 9.35 Å². The first kappa shape index (κ1) is 12.1. The van der Waals surface area contributed by atoms with Crippen LogP contribution in [0.15, 0.2) is 28.2 Å². The zero-order valence-corrected chi connectivity index (χ0v) is 11.4. The Hall–Kier alpha value is -1.40. The number of nitrogens with zero attached hydrogens (tertiary/aromatic N) is 1. The van der Waals surface area contributed by atoms with Gasteiger partial charge in [0.25, 0.3) is 5.91 Å². The predicted octanol–water partition coefficient (Wildman–Crippen LogP) is 3.05. The summed E-state index contributed by atoms with van der Waals surface area (Å²) in [6.45, 7) is 1.93. The molecule has 3 N–H and O–H groups in total. The number of aromatic nitrogens is 1. The number of nitrogen functional groups attached to an aromatic ring is 1. The molecule has 0 saturated carbocycles. The van der Waals surface area contributed by atoms with Gasteiger partial charge in [-0.3, -0.25) is 10.1 Å². The molecule has 1 heterocycles. The lowest BCUT2D eigenvalue weighted by molar-refractivity contribution is 0.102. The van der Waals surface area contributed by atoms with E-state index in [1.807, 2.05) is 13.0 Å². The number of nitrogens with one attached hydrogen (secondary N) is 1. The van der Waals surface area contributed by atoms with Crippen molar-refractivity contribution in [1.29, 1.82) is 0 Å². The van der Waals surface area contributed by atoms with Crippen LogP contribution in [0.3, 0.4) is 0 Å². The molecule has 0 unspecified atom stereocenters. The van der Waals surface area contributed by atoms with Gasteiger partial charge in [0.15, 0.2) is 5.13 Å². The van der Waals surface area contributed by atoms with E-state index in [1.165, 1.54) is 11.3 Å². The molecule has 0 aliphatic carbocycles. The molecule has 0 bridgehead atoms. The van der Waals surface area contributed by atoms with Gasteiger partial charge in [-0.1, -0.05) is 17.4 Å². The fourth-order valence-corrected chi connectivity index (χ4v) is 2.47. The van der Waals surface area contributed by atoms with Gasteiger partial charge in [-0.2, -0.15) is 0 Å². The molecule has 0 radical (unpaired) electrons. The van der Waals surface area contributed by atoms with Crippen LogP contribution in [-0.2, 0) is 0 Å². The summed E-state index contributed by atoms with van der Waals surface area (Å²) in [5, 5.41) is 3.24. The summed E-state index contributed by atoms with van der Waals surface area (Å²) >= 11 is 4.63. The average Bonchev–Trinajstić information content (AvgIpc) is 2.63. The maximum atomic E-state index is 11.9. The molecule has 1 aromatic carbocycles. The van der Waals surface area contributed by atoms with Crippen LogP contribution in [0.2, 0.25) is 0 Å². The SMILES string of the molecule is Cc1ccc(C(=O)Nc2ncc(Br)s2)c(N)c1. The molecule has 1 amide bonds. The number of amides is 1. The Morgan fingerprint density at radius 1 is 1.53 bits per heavy atom. The van der Waals surface area contributed by atoms with Crippen molar-refractivity contribution in [2.45, 2.75) is 6.92 Å². The number of rotatable bonds is 2. The van der Waals surface area contributed by atoms with Crippen molar-refractivity contribution in [3.8, 4) is 0 Å². The van der Waals surface area contributed by atoms with E-state index in [2.05, 4.69) is 26.2 Å². The van der Waals surface area contributed by atoms with Crippen LogP contribution in [0.5, 0.6) is 0 Å². The Morgan fingerprint density at radius 2 is 2.29 bits per heavy atom. The number of aryl methyl sites for hydroxylation is 1. The fourth-order valence-electron chi connectivity index (χ4n) is 1.37. The van der Waals surface area contributed by atoms with E-state index >= 15 is 0 Å². The van der Waals surface area contributed by atoms with Crippen LogP contribution in [-0.4, -0.2) is 10.9 Å². The van der Waals surface area contributed by atoms with Gasteiger partial charge in [0.2, 0.25) is 0 Å². The first-order chi connectivity index (χ1) is 8.06. The van der Waals surface area contributed by atoms with Gasteiger partial charge >= 0.3 is 0 Å². The highest BCUT2D eigenvalue weighted by Crippen LogP contribution is 2.24. The predicted molar refractivity (Wildman–Crippen MR) is 73.4 cm³/mol. The second kappa shape index (κ2) is 4.85. The van der Waals surface area contributed by atoms with E-state index in [0.29, 0.717) is 16.4 Å². The van der Waals surface area contributed by atoms with E-state index < -0.39 is 0 Å². The molecule has 17 heavy (non-hydrogen) atoms. The lowest BCUT2D eigenvalue weighted by atomic mass is 10.1. The number of nitrogens with two attached hydrogens (primary N) is 1. The number of halogens is 1. The molecule has 88 valence electrons. The van der Waals surface area contributed by atoms with Gasteiger partial charge in [-0.15, -0.1) is 0 Å². The molecule has 0 fully saturated rings. The molecule has 4 nitrogen and oxygen atoms in total. The van der Waals surface area contributed by atoms with Gasteiger partial charge in [0, 0.05) is 5.69 Å². The van der Waals surface area contributed by atoms with E-state index in [1.54, 1.807) is 18.3 Å². The molecule has 0 aliphatic heterocycles. The third-order valence-electron chi connectivity index (χ3n) is 2.15. The highest BCUT2D eigenvalue weighted by Gasteiger charge is 2.11. The highest BCUT2D eigenvalue weighted by molar-refractivity contribution is 9.11. The molecule has 0 saturated heterocycles. The number of hydrogen-bond donors (Lipinski definition) is 2. The number of carbonyl (C=O) groups is 1. The largest absolute Gasteiger partial charge is 0.398 e. The minimum Gasteiger partial charge on any atom is -0.398 e. The lowest BCUT2D eigenvalue weighted by Gasteiger charge is -2.05. The van der Waals surface area contributed by atoms with Crippen LogP contribution in [0.25, 0.3) is 0 Å². The Bertz CT molecular complexity index is 568. The van der Waals surface area contributed by atoms with Gasteiger partial charge < -0.3 is 5.73 Å². The van der Waals surface area contributed by atoms with Crippen molar-refractivity contribution in [2.75, 3.05) is 11.1 Å². The Labute approximate surface area is 111 Å². The summed E-state index contributed by atoms with van der Waals surface area (Å²) in [7, 11) is 0. The van der Waals surface area contributed by atoms with Crippen LogP contribution >= 0.6 is 27.3 Å². The van der Waals surface area contributed by atoms with Crippen LogP contribution < -0.4 is 11.1 Å². The van der Waals surface area contributed by atoms with Gasteiger partial charge in [0.1, 0.15) is 0 Å². The third kappa shape index (κ3) is 2.83. The van der Waals surface area contributed by atoms with Crippen LogP contribution in [0.4, 0.5) is 10.8 Å². The number of thiazole rings is 1. The first-order valence-electron chi connectivity index (χ1n) is 4.85. The molecule has 0 aliphatic rings. The van der Waals surface area contributed by atoms with Crippen molar-refractivity contribution in [3.05, 3.63) is 39.3 Å². The third-order valence-corrected chi connectivity index (χ3v) is 3.54. The van der Waals surface area contributed by atoms with E-state index in [9.17, 15) is 4.79 Å². The van der Waals surface area contributed by atoms with Crippen molar-refractivity contribution >= 4 is 44.0 Å². The molecular weight excluding hydrogens is 302 g/mol. The summed E-state index contributed by atoms with van der Waals surface area (Å²) in [4.78, 5) is 15.9. The van der Waals surface area contributed by atoms with E-state index in [-0.39, 0.29) is 5.91 Å². The Morgan fingerprint density at radius 3 is 2.88 bits per heavy atom. The molecule has 0 atom stereocenters. The highest BCUT2D eigenvalue weighted by atomic mass is 79.9.